The number of hydrogen-bond acceptors (Lipinski definition) is 6. The van der Waals surface area contributed by atoms with E-state index in [1.807, 2.05) is 11.8 Å². The van der Waals surface area contributed by atoms with Crippen LogP contribution in [0.3, 0.4) is 0 Å². The first kappa shape index (κ1) is 26.0. The highest BCUT2D eigenvalue weighted by Gasteiger charge is 2.54. The Hall–Kier alpha value is -2.03. The maximum atomic E-state index is 14.5. The molecule has 0 aromatic heterocycles. The summed E-state index contributed by atoms with van der Waals surface area (Å²) in [6.45, 7) is 11.4. The number of ether oxygens (including phenoxy) is 1. The molecule has 3 aliphatic rings. The second kappa shape index (κ2) is 9.79. The number of carbonyl (C=O) groups excluding carboxylic acids is 2. The van der Waals surface area contributed by atoms with Crippen LogP contribution in [0.1, 0.15) is 87.4 Å². The summed E-state index contributed by atoms with van der Waals surface area (Å²) in [6, 6.07) is 6.15. The zero-order valence-corrected chi connectivity index (χ0v) is 22.4. The summed E-state index contributed by atoms with van der Waals surface area (Å²) >= 11 is 0. The van der Waals surface area contributed by atoms with Crippen LogP contribution in [0.25, 0.3) is 0 Å². The molecule has 2 saturated heterocycles. The third kappa shape index (κ3) is 4.60. The fourth-order valence-corrected chi connectivity index (χ4v) is 7.72. The lowest BCUT2D eigenvalue weighted by Gasteiger charge is -2.39. The minimum atomic E-state index is -4.34. The SMILES string of the molecule is CCC1COC(C)(CCC(C)C)N1S(=O)(=O)C1=C(N2CCC(C)CC2)C(=O)c2ccccc2C1=O. The molecule has 0 radical (unpaired) electrons. The maximum Gasteiger partial charge on any atom is 0.251 e. The van der Waals surface area contributed by atoms with Gasteiger partial charge in [-0.25, -0.2) is 8.42 Å². The Morgan fingerprint density at radius 1 is 1.09 bits per heavy atom. The van der Waals surface area contributed by atoms with Crippen LogP contribution in [0.2, 0.25) is 0 Å². The first-order chi connectivity index (χ1) is 16.5. The maximum absolute atomic E-state index is 14.5. The number of carbonyl (C=O) groups is 2. The van der Waals surface area contributed by atoms with Crippen molar-refractivity contribution in [2.24, 2.45) is 11.8 Å². The number of Topliss-reactive ketones (excluding diaryl/α,β-unsaturated/α-hetero) is 2. The molecule has 2 heterocycles. The van der Waals surface area contributed by atoms with Crippen LogP contribution in [0.4, 0.5) is 0 Å². The van der Waals surface area contributed by atoms with Crippen LogP contribution in [0, 0.1) is 11.8 Å². The molecule has 0 N–H and O–H groups in total. The molecular weight excluding hydrogens is 464 g/mol. The highest BCUT2D eigenvalue weighted by atomic mass is 32.2. The van der Waals surface area contributed by atoms with Gasteiger partial charge in [-0.05, 0) is 50.9 Å². The van der Waals surface area contributed by atoms with E-state index in [4.69, 9.17) is 4.74 Å². The van der Waals surface area contributed by atoms with Crippen molar-refractivity contribution in [3.8, 4) is 0 Å². The van der Waals surface area contributed by atoms with Crippen LogP contribution < -0.4 is 0 Å². The molecule has 192 valence electrons. The Balaban J connectivity index is 1.89. The van der Waals surface area contributed by atoms with Gasteiger partial charge in [0.2, 0.25) is 11.6 Å². The van der Waals surface area contributed by atoms with E-state index in [9.17, 15) is 18.0 Å². The van der Waals surface area contributed by atoms with Crippen LogP contribution in [-0.2, 0) is 14.8 Å². The lowest BCUT2D eigenvalue weighted by atomic mass is 9.90. The van der Waals surface area contributed by atoms with Gasteiger partial charge in [-0.3, -0.25) is 9.59 Å². The van der Waals surface area contributed by atoms with Gasteiger partial charge < -0.3 is 9.64 Å². The van der Waals surface area contributed by atoms with Crippen molar-refractivity contribution in [2.75, 3.05) is 19.7 Å². The average molecular weight is 503 g/mol. The van der Waals surface area contributed by atoms with E-state index >= 15 is 0 Å². The van der Waals surface area contributed by atoms with Gasteiger partial charge in [-0.2, -0.15) is 4.31 Å². The van der Waals surface area contributed by atoms with Crippen LogP contribution in [-0.4, -0.2) is 60.7 Å². The number of benzene rings is 1. The highest BCUT2D eigenvalue weighted by molar-refractivity contribution is 7.94. The summed E-state index contributed by atoms with van der Waals surface area (Å²) < 4.78 is 36.5. The second-order valence-corrected chi connectivity index (χ2v) is 12.6. The monoisotopic (exact) mass is 502 g/mol. The summed E-state index contributed by atoms with van der Waals surface area (Å²) in [5.74, 6) is -0.118. The third-order valence-corrected chi connectivity index (χ3v) is 9.81. The molecule has 7 nitrogen and oxygen atoms in total. The molecule has 8 heteroatoms. The number of ketones is 2. The van der Waals surface area contributed by atoms with Gasteiger partial charge in [-0.15, -0.1) is 0 Å². The number of piperidine rings is 1. The van der Waals surface area contributed by atoms with Crippen molar-refractivity contribution < 1.29 is 22.7 Å². The van der Waals surface area contributed by atoms with E-state index in [2.05, 4.69) is 20.8 Å². The number of allylic oxidation sites excluding steroid dienone is 2. The van der Waals surface area contributed by atoms with Crippen molar-refractivity contribution in [3.63, 3.8) is 0 Å². The third-order valence-electron chi connectivity index (χ3n) is 7.71. The highest BCUT2D eigenvalue weighted by Crippen LogP contribution is 2.42. The van der Waals surface area contributed by atoms with Gasteiger partial charge in [0, 0.05) is 24.2 Å². The van der Waals surface area contributed by atoms with Crippen LogP contribution in [0.5, 0.6) is 0 Å². The number of rotatable bonds is 7. The number of fused-ring (bicyclic) bond motifs is 1. The van der Waals surface area contributed by atoms with Gasteiger partial charge in [0.05, 0.1) is 12.6 Å². The molecule has 2 atom stereocenters. The second-order valence-electron chi connectivity index (χ2n) is 10.8. The summed E-state index contributed by atoms with van der Waals surface area (Å²) in [5, 5.41) is 0. The zero-order valence-electron chi connectivity index (χ0n) is 21.5. The summed E-state index contributed by atoms with van der Waals surface area (Å²) in [6.07, 6.45) is 3.54. The van der Waals surface area contributed by atoms with Crippen molar-refractivity contribution in [1.82, 2.24) is 9.21 Å². The Morgan fingerprint density at radius 2 is 1.69 bits per heavy atom. The summed E-state index contributed by atoms with van der Waals surface area (Å²) in [7, 11) is -4.34. The molecule has 4 rings (SSSR count). The number of hydrogen-bond donors (Lipinski definition) is 0. The molecule has 35 heavy (non-hydrogen) atoms. The van der Waals surface area contributed by atoms with Crippen LogP contribution >= 0.6 is 0 Å². The first-order valence-electron chi connectivity index (χ1n) is 12.9. The molecule has 1 aromatic carbocycles. The Morgan fingerprint density at radius 3 is 2.26 bits per heavy atom. The van der Waals surface area contributed by atoms with Gasteiger partial charge in [0.15, 0.2) is 4.91 Å². The van der Waals surface area contributed by atoms with Crippen molar-refractivity contribution in [2.45, 2.75) is 78.5 Å². The van der Waals surface area contributed by atoms with Crippen molar-refractivity contribution in [1.29, 1.82) is 0 Å². The Bertz CT molecular complexity index is 1130. The summed E-state index contributed by atoms with van der Waals surface area (Å²) in [5.41, 5.74) is -0.605. The van der Waals surface area contributed by atoms with Crippen LogP contribution in [0.15, 0.2) is 34.9 Å². The fourth-order valence-electron chi connectivity index (χ4n) is 5.46. The number of nitrogens with zero attached hydrogens (tertiary/aromatic N) is 2. The molecular formula is C27H38N2O5S. The standard InChI is InChI=1S/C27H38N2O5S/c1-6-20-17-34-27(5,14-11-18(2)3)29(20)35(32,33)26-23(28-15-12-19(4)13-16-28)24(30)21-9-7-8-10-22(21)25(26)31/h7-10,18-20H,6,11-17H2,1-5H3. The molecule has 1 aromatic rings. The fraction of sp³-hybridized carbons (Fsp3) is 0.630. The van der Waals surface area contributed by atoms with Gasteiger partial charge >= 0.3 is 0 Å². The molecule has 1 aliphatic carbocycles. The van der Waals surface area contributed by atoms with Gasteiger partial charge in [-0.1, -0.05) is 52.0 Å². The lowest BCUT2D eigenvalue weighted by molar-refractivity contribution is -0.0430. The molecule has 0 spiro atoms. The zero-order chi connectivity index (χ0) is 25.5. The number of likely N-dealkylation sites (tertiary alicyclic amines) is 1. The molecule has 0 bridgehead atoms. The van der Waals surface area contributed by atoms with E-state index in [0.717, 1.165) is 19.3 Å². The average Bonchev–Trinajstić information content (AvgIpc) is 3.18. The van der Waals surface area contributed by atoms with Gasteiger partial charge in [0.25, 0.3) is 10.0 Å². The molecule has 2 unspecified atom stereocenters. The number of sulfonamides is 1. The van der Waals surface area contributed by atoms with E-state index in [0.29, 0.717) is 37.8 Å². The first-order valence-corrected chi connectivity index (χ1v) is 14.3. The van der Waals surface area contributed by atoms with E-state index in [-0.39, 0.29) is 34.1 Å². The van der Waals surface area contributed by atoms with Gasteiger partial charge in [0.1, 0.15) is 11.4 Å². The Labute approximate surface area is 209 Å². The minimum absolute atomic E-state index is 0.0357. The quantitative estimate of drug-likeness (QED) is 0.542. The van der Waals surface area contributed by atoms with E-state index in [1.54, 1.807) is 31.2 Å². The van der Waals surface area contributed by atoms with Crippen molar-refractivity contribution in [3.05, 3.63) is 46.0 Å². The van der Waals surface area contributed by atoms with E-state index < -0.39 is 27.6 Å². The van der Waals surface area contributed by atoms with Crippen molar-refractivity contribution >= 4 is 21.6 Å². The molecule has 2 aliphatic heterocycles. The normalized spacial score (nSPS) is 26.7. The minimum Gasteiger partial charge on any atom is -0.367 e. The summed E-state index contributed by atoms with van der Waals surface area (Å²) in [4.78, 5) is 29.1. The smallest absolute Gasteiger partial charge is 0.251 e. The topological polar surface area (TPSA) is 84.0 Å². The molecule has 2 fully saturated rings. The lowest BCUT2D eigenvalue weighted by Crippen LogP contribution is -2.52. The largest absolute Gasteiger partial charge is 0.367 e. The van der Waals surface area contributed by atoms with E-state index in [1.165, 1.54) is 4.31 Å². The molecule has 0 amide bonds. The predicted octanol–water partition coefficient (Wildman–Crippen LogP) is 4.60. The Kier molecular flexibility index (Phi) is 7.28. The predicted molar refractivity (Wildman–Crippen MR) is 135 cm³/mol. The molecule has 0 saturated carbocycles.